The Morgan fingerprint density at radius 3 is 2.71 bits per heavy atom. The standard InChI is InChI=1S/C11H17NO4S/c1-16-10-5-3-4-9(11(10)13)8-12-6-7-17(2,14)15/h3-5,12-13H,6-8H2,1-2H3. The van der Waals surface area contributed by atoms with Crippen LogP contribution in [0.3, 0.4) is 0 Å². The van der Waals surface area contributed by atoms with Crippen LogP contribution in [0, 0.1) is 0 Å². The van der Waals surface area contributed by atoms with Crippen molar-refractivity contribution < 1.29 is 18.3 Å². The average Bonchev–Trinajstić information content (AvgIpc) is 2.25. The third kappa shape index (κ3) is 4.62. The number of nitrogens with one attached hydrogen (secondary N) is 1. The van der Waals surface area contributed by atoms with Gasteiger partial charge in [0, 0.05) is 24.9 Å². The number of hydrogen-bond donors (Lipinski definition) is 2. The van der Waals surface area contributed by atoms with E-state index in [-0.39, 0.29) is 11.5 Å². The summed E-state index contributed by atoms with van der Waals surface area (Å²) in [5, 5.41) is 12.7. The molecule has 0 amide bonds. The van der Waals surface area contributed by atoms with Crippen LogP contribution in [-0.2, 0) is 16.4 Å². The van der Waals surface area contributed by atoms with E-state index in [4.69, 9.17) is 4.74 Å². The molecule has 1 aromatic carbocycles. The molecular formula is C11H17NO4S. The highest BCUT2D eigenvalue weighted by molar-refractivity contribution is 7.90. The van der Waals surface area contributed by atoms with E-state index in [1.807, 2.05) is 0 Å². The first-order chi connectivity index (χ1) is 7.94. The Kier molecular flexibility index (Phi) is 4.77. The summed E-state index contributed by atoms with van der Waals surface area (Å²) < 4.78 is 26.8. The van der Waals surface area contributed by atoms with Crippen LogP contribution in [0.1, 0.15) is 5.56 Å². The third-order valence-corrected chi connectivity index (χ3v) is 3.21. The summed E-state index contributed by atoms with van der Waals surface area (Å²) in [5.41, 5.74) is 0.679. The van der Waals surface area contributed by atoms with Crippen molar-refractivity contribution in [3.8, 4) is 11.5 Å². The SMILES string of the molecule is COc1cccc(CNCCS(C)(=O)=O)c1O. The van der Waals surface area contributed by atoms with E-state index in [1.165, 1.54) is 13.4 Å². The third-order valence-electron chi connectivity index (χ3n) is 2.27. The smallest absolute Gasteiger partial charge is 0.162 e. The summed E-state index contributed by atoms with van der Waals surface area (Å²) >= 11 is 0. The summed E-state index contributed by atoms with van der Waals surface area (Å²) in [7, 11) is -1.47. The zero-order chi connectivity index (χ0) is 12.9. The monoisotopic (exact) mass is 259 g/mol. The second-order valence-corrected chi connectivity index (χ2v) is 6.03. The van der Waals surface area contributed by atoms with Crippen molar-refractivity contribution in [2.45, 2.75) is 6.54 Å². The van der Waals surface area contributed by atoms with Crippen molar-refractivity contribution in [1.29, 1.82) is 0 Å². The van der Waals surface area contributed by atoms with E-state index in [0.717, 1.165) is 0 Å². The number of sulfone groups is 1. The normalized spacial score (nSPS) is 11.4. The lowest BCUT2D eigenvalue weighted by Gasteiger charge is -2.09. The summed E-state index contributed by atoms with van der Waals surface area (Å²) in [4.78, 5) is 0. The number of benzene rings is 1. The fourth-order valence-corrected chi connectivity index (χ4v) is 1.87. The van der Waals surface area contributed by atoms with Crippen molar-refractivity contribution in [2.75, 3.05) is 25.7 Å². The molecule has 1 aromatic rings. The molecule has 0 spiro atoms. The highest BCUT2D eigenvalue weighted by atomic mass is 32.2. The number of phenols is 1. The molecule has 0 aliphatic heterocycles. The van der Waals surface area contributed by atoms with Gasteiger partial charge in [0.05, 0.1) is 12.9 Å². The van der Waals surface area contributed by atoms with Gasteiger partial charge in [-0.05, 0) is 6.07 Å². The molecule has 17 heavy (non-hydrogen) atoms. The highest BCUT2D eigenvalue weighted by Gasteiger charge is 2.07. The molecule has 5 nitrogen and oxygen atoms in total. The summed E-state index contributed by atoms with van der Waals surface area (Å²) in [6.45, 7) is 0.758. The highest BCUT2D eigenvalue weighted by Crippen LogP contribution is 2.28. The van der Waals surface area contributed by atoms with E-state index in [2.05, 4.69) is 5.32 Å². The largest absolute Gasteiger partial charge is 0.504 e. The predicted molar refractivity (Wildman–Crippen MR) is 66.1 cm³/mol. The van der Waals surface area contributed by atoms with Gasteiger partial charge in [0.15, 0.2) is 11.5 Å². The molecular weight excluding hydrogens is 242 g/mol. The maximum Gasteiger partial charge on any atom is 0.162 e. The Bertz CT molecular complexity index is 470. The zero-order valence-electron chi connectivity index (χ0n) is 9.93. The Balaban J connectivity index is 2.52. The number of rotatable bonds is 6. The van der Waals surface area contributed by atoms with Gasteiger partial charge in [-0.3, -0.25) is 0 Å². The molecule has 6 heteroatoms. The molecule has 1 rings (SSSR count). The number of phenolic OH excluding ortho intramolecular Hbond substituents is 1. The maximum absolute atomic E-state index is 10.9. The summed E-state index contributed by atoms with van der Waals surface area (Å²) in [5.74, 6) is 0.576. The summed E-state index contributed by atoms with van der Waals surface area (Å²) in [6.07, 6.45) is 1.19. The van der Waals surface area contributed by atoms with Crippen LogP contribution in [0.2, 0.25) is 0 Å². The Morgan fingerprint density at radius 1 is 1.41 bits per heavy atom. The van der Waals surface area contributed by atoms with Gasteiger partial charge in [-0.2, -0.15) is 0 Å². The first kappa shape index (κ1) is 13.8. The fourth-order valence-electron chi connectivity index (χ4n) is 1.36. The van der Waals surface area contributed by atoms with Crippen LogP contribution < -0.4 is 10.1 Å². The van der Waals surface area contributed by atoms with Crippen molar-refractivity contribution in [3.05, 3.63) is 23.8 Å². The van der Waals surface area contributed by atoms with Crippen LogP contribution in [0.4, 0.5) is 0 Å². The van der Waals surface area contributed by atoms with Crippen LogP contribution in [0.25, 0.3) is 0 Å². The molecule has 0 bridgehead atoms. The lowest BCUT2D eigenvalue weighted by atomic mass is 10.2. The number of hydrogen-bond acceptors (Lipinski definition) is 5. The molecule has 0 atom stereocenters. The second kappa shape index (κ2) is 5.88. The molecule has 0 fully saturated rings. The molecule has 96 valence electrons. The average molecular weight is 259 g/mol. The quantitative estimate of drug-likeness (QED) is 0.729. The van der Waals surface area contributed by atoms with Gasteiger partial charge in [0.1, 0.15) is 9.84 Å². The first-order valence-electron chi connectivity index (χ1n) is 5.17. The number of aromatic hydroxyl groups is 1. The molecule has 0 aliphatic carbocycles. The van der Waals surface area contributed by atoms with Crippen LogP contribution >= 0.6 is 0 Å². The van der Waals surface area contributed by atoms with Crippen molar-refractivity contribution >= 4 is 9.84 Å². The van der Waals surface area contributed by atoms with Gasteiger partial charge < -0.3 is 15.2 Å². The second-order valence-electron chi connectivity index (χ2n) is 3.77. The van der Waals surface area contributed by atoms with Crippen molar-refractivity contribution in [1.82, 2.24) is 5.32 Å². The van der Waals surface area contributed by atoms with E-state index >= 15 is 0 Å². The first-order valence-corrected chi connectivity index (χ1v) is 7.23. The number of methoxy groups -OCH3 is 1. The van der Waals surface area contributed by atoms with Gasteiger partial charge in [-0.25, -0.2) is 8.42 Å². The minimum atomic E-state index is -2.95. The molecule has 0 aromatic heterocycles. The predicted octanol–water partition coefficient (Wildman–Crippen LogP) is 0.535. The van der Waals surface area contributed by atoms with Crippen molar-refractivity contribution in [2.24, 2.45) is 0 Å². The van der Waals surface area contributed by atoms with E-state index in [9.17, 15) is 13.5 Å². The minimum absolute atomic E-state index is 0.0811. The Morgan fingerprint density at radius 2 is 2.12 bits per heavy atom. The molecule has 0 saturated carbocycles. The van der Waals surface area contributed by atoms with Gasteiger partial charge in [-0.1, -0.05) is 12.1 Å². The molecule has 0 radical (unpaired) electrons. The van der Waals surface area contributed by atoms with Gasteiger partial charge in [-0.15, -0.1) is 0 Å². The van der Waals surface area contributed by atoms with Gasteiger partial charge in [0.2, 0.25) is 0 Å². The van der Waals surface area contributed by atoms with E-state index in [0.29, 0.717) is 24.4 Å². The molecule has 0 aliphatic rings. The lowest BCUT2D eigenvalue weighted by Crippen LogP contribution is -2.21. The number of para-hydroxylation sites is 1. The zero-order valence-corrected chi connectivity index (χ0v) is 10.8. The molecule has 0 heterocycles. The van der Waals surface area contributed by atoms with Crippen LogP contribution in [0.15, 0.2) is 18.2 Å². The van der Waals surface area contributed by atoms with Crippen molar-refractivity contribution in [3.63, 3.8) is 0 Å². The fraction of sp³-hybridized carbons (Fsp3) is 0.455. The van der Waals surface area contributed by atoms with Gasteiger partial charge in [0.25, 0.3) is 0 Å². The maximum atomic E-state index is 10.9. The minimum Gasteiger partial charge on any atom is -0.504 e. The van der Waals surface area contributed by atoms with E-state index < -0.39 is 9.84 Å². The summed E-state index contributed by atoms with van der Waals surface area (Å²) in [6, 6.07) is 5.19. The van der Waals surface area contributed by atoms with Gasteiger partial charge >= 0.3 is 0 Å². The Labute approximate surface area is 101 Å². The topological polar surface area (TPSA) is 75.6 Å². The van der Waals surface area contributed by atoms with Crippen LogP contribution in [0.5, 0.6) is 11.5 Å². The molecule has 0 unspecified atom stereocenters. The number of ether oxygens (including phenoxy) is 1. The Hall–Kier alpha value is -1.27. The molecule has 2 N–H and O–H groups in total. The van der Waals surface area contributed by atoms with Crippen LogP contribution in [-0.4, -0.2) is 39.2 Å². The lowest BCUT2D eigenvalue weighted by molar-refractivity contribution is 0.370. The molecule has 0 saturated heterocycles. The van der Waals surface area contributed by atoms with E-state index in [1.54, 1.807) is 18.2 Å².